The Morgan fingerprint density at radius 1 is 0.913 bits per heavy atom. The van der Waals surface area contributed by atoms with E-state index in [1.54, 1.807) is 6.92 Å². The Balaban J connectivity index is -0.0000000171. The minimum absolute atomic E-state index is 0. The summed E-state index contributed by atoms with van der Waals surface area (Å²) in [6.07, 6.45) is 1.50. The molecule has 0 amide bonds. The third-order valence-electron chi connectivity index (χ3n) is 0.559. The number of rotatable bonds is 2. The molecule has 0 bridgehead atoms. The molecule has 0 atom stereocenters. The van der Waals surface area contributed by atoms with Gasteiger partial charge < -0.3 is 4.74 Å². The van der Waals surface area contributed by atoms with Gasteiger partial charge in [0.05, 0.1) is 0 Å². The number of ether oxygens (including phenoxy) is 1. The van der Waals surface area contributed by atoms with E-state index in [1.807, 2.05) is 0 Å². The second-order valence-electron chi connectivity index (χ2n) is 1.26. The summed E-state index contributed by atoms with van der Waals surface area (Å²) in [6, 6.07) is 0. The largest absolute Gasteiger partial charge is 0 e. The molecule has 10 heteroatoms. The number of hydrogen-bond donors (Lipinski definition) is 0. The molecule has 0 aliphatic rings. The van der Waals surface area contributed by atoms with Gasteiger partial charge in [-0.3, -0.25) is 0 Å². The van der Waals surface area contributed by atoms with Gasteiger partial charge in [-0.2, -0.15) is 0 Å². The van der Waals surface area contributed by atoms with Gasteiger partial charge in [0.1, 0.15) is 6.61 Å². The molecule has 126 valence electrons. The molecule has 0 unspecified atom stereocenters. The summed E-state index contributed by atoms with van der Waals surface area (Å²) in [5, 5.41) is 0. The first-order chi connectivity index (χ1) is 10.3. The van der Waals surface area contributed by atoms with Gasteiger partial charge in [-0.1, -0.05) is 18.6 Å². The van der Waals surface area contributed by atoms with E-state index in [4.69, 9.17) is 27.9 Å². The minimum atomic E-state index is -0.502. The van der Waals surface area contributed by atoms with Gasteiger partial charge in [-0.15, -0.1) is 0 Å². The van der Waals surface area contributed by atoms with Crippen LogP contribution in [0.3, 0.4) is 0 Å². The Morgan fingerprint density at radius 3 is 1.35 bits per heavy atom. The van der Waals surface area contributed by atoms with Crippen molar-refractivity contribution in [3.05, 3.63) is 52.6 Å². The van der Waals surface area contributed by atoms with Crippen LogP contribution in [-0.4, -0.2) is 12.6 Å². The molecule has 0 aromatic carbocycles. The average molecular weight is 410 g/mol. The van der Waals surface area contributed by atoms with E-state index in [0.717, 1.165) is 0 Å². The molecule has 0 N–H and O–H groups in total. The fourth-order valence-electron chi connectivity index (χ4n) is 0.273. The van der Waals surface area contributed by atoms with Crippen molar-refractivity contribution >= 4 is 5.97 Å². The number of esters is 1. The summed E-state index contributed by atoms with van der Waals surface area (Å²) in [5.74, 6) is 4.14. The number of carbonyl (C=O) groups is 1. The predicted molar refractivity (Wildman–Crippen MR) is 58.2 cm³/mol. The Hall–Kier alpha value is -1.78. The van der Waals surface area contributed by atoms with Gasteiger partial charge in [0.25, 0.3) is 0 Å². The zero-order valence-corrected chi connectivity index (χ0v) is 13.5. The van der Waals surface area contributed by atoms with Crippen molar-refractivity contribution in [3.8, 4) is 11.8 Å². The van der Waals surface area contributed by atoms with Crippen molar-refractivity contribution in [2.24, 2.45) is 0 Å². The Bertz CT molecular complexity index is 333. The third kappa shape index (κ3) is 246. The second-order valence-corrected chi connectivity index (χ2v) is 1.26. The average Bonchev–Trinajstić information content (AvgIpc) is 2.64. The van der Waals surface area contributed by atoms with Crippen molar-refractivity contribution in [3.63, 3.8) is 0 Å². The monoisotopic (exact) mass is 410 g/mol. The van der Waals surface area contributed by atoms with Crippen molar-refractivity contribution in [2.45, 2.75) is 6.92 Å². The first-order valence-electron chi connectivity index (χ1n) is 3.74. The maximum atomic E-state index is 10.4. The summed E-state index contributed by atoms with van der Waals surface area (Å²) < 4.78 is 49.5. The fourth-order valence-corrected chi connectivity index (χ4v) is 0.273. The van der Waals surface area contributed by atoms with E-state index < -0.39 is 5.97 Å². The zero-order valence-electron chi connectivity index (χ0n) is 11.4. The van der Waals surface area contributed by atoms with Gasteiger partial charge in [-0.25, -0.2) is 4.79 Å². The zero-order chi connectivity index (χ0) is 19.1. The summed E-state index contributed by atoms with van der Waals surface area (Å²) >= 11 is 0. The van der Waals surface area contributed by atoms with Crippen LogP contribution in [0.1, 0.15) is 6.92 Å². The van der Waals surface area contributed by atoms with Crippen LogP contribution in [0.15, 0.2) is 12.7 Å². The van der Waals surface area contributed by atoms with Crippen LogP contribution >= 0.6 is 0 Å². The molecule has 0 heterocycles. The molecule has 8 nitrogen and oxygen atoms in total. The third-order valence-corrected chi connectivity index (χ3v) is 0.559. The van der Waals surface area contributed by atoms with E-state index in [9.17, 15) is 4.79 Å². The molecule has 0 rings (SSSR count). The molecule has 0 saturated carbocycles. The van der Waals surface area contributed by atoms with E-state index in [0.29, 0.717) is 0 Å². The maximum absolute atomic E-state index is 10.4. The quantitative estimate of drug-likeness (QED) is 0.163. The van der Waals surface area contributed by atoms with E-state index in [-0.39, 0.29) is 40.2 Å². The van der Waals surface area contributed by atoms with Crippen LogP contribution in [0.2, 0.25) is 0 Å². The molecule has 0 aromatic rings. The van der Waals surface area contributed by atoms with Gasteiger partial charge >= 0.3 is 73.8 Å². The van der Waals surface area contributed by atoms with E-state index in [2.05, 4.69) is 63.1 Å². The first kappa shape index (κ1) is 58.1. The normalized spacial score (nSPS) is 3.17. The fraction of sp³-hybridized carbons (Fsp3) is 0.154. The maximum Gasteiger partial charge on any atom is 0 e. The molecular weight excluding hydrogens is 402 g/mol. The number of hydrogen-bond acceptors (Lipinski definition) is 2. The van der Waals surface area contributed by atoms with Crippen LogP contribution in [0.5, 0.6) is 0 Å². The van der Waals surface area contributed by atoms with E-state index >= 15 is 0 Å². The van der Waals surface area contributed by atoms with Crippen LogP contribution in [-0.2, 0) is 71.0 Å². The Labute approximate surface area is 155 Å². The smallest absolute Gasteiger partial charge is 0 e. The van der Waals surface area contributed by atoms with Crippen molar-refractivity contribution in [1.82, 2.24) is 0 Å². The molecule has 0 spiro atoms. The van der Waals surface area contributed by atoms with Crippen LogP contribution in [0.4, 0.5) is 0 Å². The summed E-state index contributed by atoms with van der Waals surface area (Å²) in [4.78, 5) is 10.4. The van der Waals surface area contributed by atoms with Gasteiger partial charge in [0.15, 0.2) is 0 Å². The molecule has 2 radical (unpaired) electrons. The number of carbonyl (C=O) groups excluding carboxylic acids is 1. The standard InChI is InChI=1S/C7H8O2.6CO.2Co/c1-3-5-7(8)9-6-4-2;6*1-2;;/h4H,2,6H2,1H3;;;;;;;;. The molecule has 0 saturated heterocycles. The van der Waals surface area contributed by atoms with Crippen LogP contribution < -0.4 is 0 Å². The molecular formula is C13H8Co2O8. The van der Waals surface area contributed by atoms with Crippen molar-refractivity contribution in [1.29, 1.82) is 0 Å². The summed E-state index contributed by atoms with van der Waals surface area (Å²) in [7, 11) is 0. The second kappa shape index (κ2) is 193. The summed E-state index contributed by atoms with van der Waals surface area (Å²) in [6.45, 7) is 32.2. The van der Waals surface area contributed by atoms with Crippen molar-refractivity contribution in [2.75, 3.05) is 6.61 Å². The SMILES string of the molecule is C=CCOC(=O)C#CC.[C-]#[O+].[C-]#[O+].[C-]#[O+].[C-]#[O+].[C-]#[O+].[C-]#[O+].[Co].[Co]. The first-order valence-corrected chi connectivity index (χ1v) is 3.74. The topological polar surface area (TPSA) is 146 Å². The predicted octanol–water partition coefficient (Wildman–Crippen LogP) is 0.509. The van der Waals surface area contributed by atoms with Crippen LogP contribution in [0, 0.1) is 51.7 Å². The van der Waals surface area contributed by atoms with Crippen LogP contribution in [0.25, 0.3) is 0 Å². The molecule has 0 aromatic heterocycles. The summed E-state index contributed by atoms with van der Waals surface area (Å²) in [5.41, 5.74) is 0. The minimum Gasteiger partial charge on any atom is 0 e. The molecule has 23 heavy (non-hydrogen) atoms. The molecule has 0 fully saturated rings. The molecule has 0 aliphatic heterocycles. The van der Waals surface area contributed by atoms with Gasteiger partial charge in [0, 0.05) is 39.5 Å². The Morgan fingerprint density at radius 2 is 1.17 bits per heavy atom. The van der Waals surface area contributed by atoms with Gasteiger partial charge in [-0.05, 0) is 6.92 Å². The molecule has 0 aliphatic carbocycles. The Kier molecular flexibility index (Phi) is 487. The van der Waals surface area contributed by atoms with E-state index in [1.165, 1.54) is 6.08 Å². The van der Waals surface area contributed by atoms with Gasteiger partial charge in [0.2, 0.25) is 0 Å². The van der Waals surface area contributed by atoms with Crippen molar-refractivity contribution < 1.29 is 71.0 Å².